The average Bonchev–Trinajstić information content (AvgIpc) is 2.74. The molecule has 2 rings (SSSR count). The van der Waals surface area contributed by atoms with Gasteiger partial charge in [-0.2, -0.15) is 0 Å². The van der Waals surface area contributed by atoms with Crippen LogP contribution in [0.5, 0.6) is 0 Å². The van der Waals surface area contributed by atoms with Gasteiger partial charge in [-0.15, -0.1) is 5.10 Å². The molecular weight excluding hydrogens is 212 g/mol. The molecule has 0 aliphatic rings. The van der Waals surface area contributed by atoms with Crippen molar-refractivity contribution in [1.29, 1.82) is 0 Å². The highest BCUT2D eigenvalue weighted by Crippen LogP contribution is 2.10. The van der Waals surface area contributed by atoms with E-state index < -0.39 is 0 Å². The molecule has 4 heteroatoms. The Hall–Kier alpha value is -1.42. The third kappa shape index (κ3) is 2.82. The number of aromatic nitrogens is 3. The topological polar surface area (TPSA) is 34.0 Å². The molecule has 2 aromatic rings. The summed E-state index contributed by atoms with van der Waals surface area (Å²) in [5.41, 5.74) is 2.09. The van der Waals surface area contributed by atoms with Gasteiger partial charge in [0.15, 0.2) is 0 Å². The van der Waals surface area contributed by atoms with Crippen LogP contribution in [0.1, 0.15) is 26.7 Å². The second-order valence-corrected chi connectivity index (χ2v) is 4.34. The van der Waals surface area contributed by atoms with E-state index in [1.807, 2.05) is 22.9 Å². The summed E-state index contributed by atoms with van der Waals surface area (Å²) >= 11 is 0. The van der Waals surface area contributed by atoms with E-state index >= 15 is 0 Å². The van der Waals surface area contributed by atoms with Gasteiger partial charge in [-0.05, 0) is 38.1 Å². The van der Waals surface area contributed by atoms with Crippen molar-refractivity contribution in [2.45, 2.75) is 33.4 Å². The first-order valence-electron chi connectivity index (χ1n) is 6.35. The lowest BCUT2D eigenvalue weighted by molar-refractivity contribution is 0.209. The van der Waals surface area contributed by atoms with Crippen molar-refractivity contribution in [2.24, 2.45) is 0 Å². The summed E-state index contributed by atoms with van der Waals surface area (Å²) in [6.07, 6.45) is 2.35. The van der Waals surface area contributed by atoms with Crippen LogP contribution in [0.4, 0.5) is 0 Å². The summed E-state index contributed by atoms with van der Waals surface area (Å²) in [6, 6.07) is 8.11. The van der Waals surface area contributed by atoms with Crippen LogP contribution in [0.3, 0.4) is 0 Å². The summed E-state index contributed by atoms with van der Waals surface area (Å²) in [7, 11) is 0. The Kier molecular flexibility index (Phi) is 4.09. The van der Waals surface area contributed by atoms with Gasteiger partial charge in [0.1, 0.15) is 5.52 Å². The lowest BCUT2D eigenvalue weighted by atomic mass is 10.3. The molecule has 0 radical (unpaired) electrons. The third-order valence-electron chi connectivity index (χ3n) is 2.83. The van der Waals surface area contributed by atoms with E-state index in [0.29, 0.717) is 0 Å². The molecule has 0 unspecified atom stereocenters. The van der Waals surface area contributed by atoms with Crippen molar-refractivity contribution in [3.63, 3.8) is 0 Å². The van der Waals surface area contributed by atoms with Gasteiger partial charge in [-0.3, -0.25) is 4.90 Å². The highest BCUT2D eigenvalue weighted by atomic mass is 15.5. The SMILES string of the molecule is CCCN(CCC)Cn1nnc2ccccc21. The molecule has 0 fully saturated rings. The highest BCUT2D eigenvalue weighted by Gasteiger charge is 2.07. The second kappa shape index (κ2) is 5.77. The maximum absolute atomic E-state index is 4.22. The van der Waals surface area contributed by atoms with Crippen LogP contribution in [-0.2, 0) is 6.67 Å². The normalized spacial score (nSPS) is 11.5. The summed E-state index contributed by atoms with van der Waals surface area (Å²) in [5.74, 6) is 0. The largest absolute Gasteiger partial charge is 0.284 e. The molecule has 0 spiro atoms. The minimum absolute atomic E-state index is 0.836. The molecular formula is C13H20N4. The number of hydrogen-bond donors (Lipinski definition) is 0. The number of benzene rings is 1. The van der Waals surface area contributed by atoms with Crippen molar-refractivity contribution in [3.05, 3.63) is 24.3 Å². The molecule has 0 amide bonds. The van der Waals surface area contributed by atoms with Gasteiger partial charge in [0.2, 0.25) is 0 Å². The van der Waals surface area contributed by atoms with Crippen LogP contribution in [0.25, 0.3) is 11.0 Å². The van der Waals surface area contributed by atoms with Crippen molar-refractivity contribution in [3.8, 4) is 0 Å². The number of nitrogens with zero attached hydrogens (tertiary/aromatic N) is 4. The summed E-state index contributed by atoms with van der Waals surface area (Å²) in [6.45, 7) is 7.48. The van der Waals surface area contributed by atoms with Gasteiger partial charge in [0.25, 0.3) is 0 Å². The number of hydrogen-bond acceptors (Lipinski definition) is 3. The minimum Gasteiger partial charge on any atom is -0.284 e. The molecule has 1 aromatic heterocycles. The Labute approximate surface area is 102 Å². The Morgan fingerprint density at radius 3 is 2.53 bits per heavy atom. The minimum atomic E-state index is 0.836. The number of fused-ring (bicyclic) bond motifs is 1. The lowest BCUT2D eigenvalue weighted by Gasteiger charge is -2.20. The highest BCUT2D eigenvalue weighted by molar-refractivity contribution is 5.73. The average molecular weight is 232 g/mol. The Morgan fingerprint density at radius 1 is 1.12 bits per heavy atom. The lowest BCUT2D eigenvalue weighted by Crippen LogP contribution is -2.28. The zero-order valence-corrected chi connectivity index (χ0v) is 10.6. The van der Waals surface area contributed by atoms with Gasteiger partial charge >= 0.3 is 0 Å². The fraction of sp³-hybridized carbons (Fsp3) is 0.538. The Balaban J connectivity index is 2.15. The zero-order valence-electron chi connectivity index (χ0n) is 10.6. The van der Waals surface area contributed by atoms with Gasteiger partial charge < -0.3 is 0 Å². The van der Waals surface area contributed by atoms with Crippen LogP contribution in [0, 0.1) is 0 Å². The van der Waals surface area contributed by atoms with Crippen LogP contribution >= 0.6 is 0 Å². The van der Waals surface area contributed by atoms with E-state index in [4.69, 9.17) is 0 Å². The molecule has 0 saturated heterocycles. The van der Waals surface area contributed by atoms with E-state index in [-0.39, 0.29) is 0 Å². The van der Waals surface area contributed by atoms with E-state index in [1.165, 1.54) is 12.8 Å². The van der Waals surface area contributed by atoms with E-state index in [0.717, 1.165) is 30.8 Å². The van der Waals surface area contributed by atoms with Crippen LogP contribution < -0.4 is 0 Å². The van der Waals surface area contributed by atoms with Gasteiger partial charge in [0, 0.05) is 0 Å². The maximum Gasteiger partial charge on any atom is 0.113 e. The summed E-state index contributed by atoms with van der Waals surface area (Å²) in [5, 5.41) is 8.40. The van der Waals surface area contributed by atoms with Crippen LogP contribution in [0.15, 0.2) is 24.3 Å². The molecule has 0 saturated carbocycles. The van der Waals surface area contributed by atoms with Crippen LogP contribution in [-0.4, -0.2) is 33.0 Å². The van der Waals surface area contributed by atoms with Gasteiger partial charge in [-0.25, -0.2) is 4.68 Å². The molecule has 0 N–H and O–H groups in total. The van der Waals surface area contributed by atoms with Crippen LogP contribution in [0.2, 0.25) is 0 Å². The number of rotatable bonds is 6. The first kappa shape index (κ1) is 12.0. The van der Waals surface area contributed by atoms with E-state index in [1.54, 1.807) is 0 Å². The molecule has 4 nitrogen and oxygen atoms in total. The molecule has 17 heavy (non-hydrogen) atoms. The molecule has 0 aliphatic heterocycles. The first-order valence-corrected chi connectivity index (χ1v) is 6.35. The van der Waals surface area contributed by atoms with E-state index in [9.17, 15) is 0 Å². The monoisotopic (exact) mass is 232 g/mol. The van der Waals surface area contributed by atoms with Crippen molar-refractivity contribution < 1.29 is 0 Å². The molecule has 0 bridgehead atoms. The second-order valence-electron chi connectivity index (χ2n) is 4.34. The van der Waals surface area contributed by atoms with Crippen molar-refractivity contribution in [2.75, 3.05) is 13.1 Å². The van der Waals surface area contributed by atoms with Crippen molar-refractivity contribution >= 4 is 11.0 Å². The molecule has 0 atom stereocenters. The molecule has 0 aliphatic carbocycles. The Bertz CT molecular complexity index is 457. The Morgan fingerprint density at radius 2 is 1.82 bits per heavy atom. The third-order valence-corrected chi connectivity index (χ3v) is 2.83. The van der Waals surface area contributed by atoms with Crippen molar-refractivity contribution in [1.82, 2.24) is 19.9 Å². The molecule has 1 heterocycles. The number of para-hydroxylation sites is 1. The first-order chi connectivity index (χ1) is 8.35. The fourth-order valence-electron chi connectivity index (χ4n) is 2.10. The quantitative estimate of drug-likeness (QED) is 0.767. The molecule has 92 valence electrons. The molecule has 1 aromatic carbocycles. The summed E-state index contributed by atoms with van der Waals surface area (Å²) < 4.78 is 1.99. The predicted octanol–water partition coefficient (Wildman–Crippen LogP) is 2.51. The zero-order chi connectivity index (χ0) is 12.1. The van der Waals surface area contributed by atoms with E-state index in [2.05, 4.69) is 35.1 Å². The predicted molar refractivity (Wildman–Crippen MR) is 69.7 cm³/mol. The van der Waals surface area contributed by atoms with Gasteiger partial charge in [-0.1, -0.05) is 31.2 Å². The maximum atomic E-state index is 4.22. The summed E-state index contributed by atoms with van der Waals surface area (Å²) in [4.78, 5) is 2.42. The van der Waals surface area contributed by atoms with Gasteiger partial charge in [0.05, 0.1) is 12.2 Å². The standard InChI is InChI=1S/C13H20N4/c1-3-9-16(10-4-2)11-17-13-8-6-5-7-12(13)14-15-17/h5-8H,3-4,9-11H2,1-2H3. The smallest absolute Gasteiger partial charge is 0.113 e. The fourth-order valence-corrected chi connectivity index (χ4v) is 2.10.